The van der Waals surface area contributed by atoms with Gasteiger partial charge in [0.05, 0.1) is 5.92 Å². The fraction of sp³-hybridized carbons (Fsp3) is 0.632. The lowest BCUT2D eigenvalue weighted by molar-refractivity contribution is -0.146. The molecule has 1 heterocycles. The van der Waals surface area contributed by atoms with Crippen molar-refractivity contribution in [3.8, 4) is 0 Å². The number of rotatable bonds is 5. The van der Waals surface area contributed by atoms with E-state index in [1.807, 2.05) is 0 Å². The number of hydrogen-bond acceptors (Lipinski definition) is 3. The zero-order valence-electron chi connectivity index (χ0n) is 14.0. The maximum Gasteiger partial charge on any atom is 0.308 e. The van der Waals surface area contributed by atoms with Gasteiger partial charge in [-0.25, -0.2) is 0 Å². The van der Waals surface area contributed by atoms with Crippen LogP contribution in [0.25, 0.3) is 0 Å². The molecule has 0 radical (unpaired) electrons. The van der Waals surface area contributed by atoms with Crippen LogP contribution in [0.4, 0.5) is 5.69 Å². The molecule has 2 fully saturated rings. The number of anilines is 1. The van der Waals surface area contributed by atoms with Gasteiger partial charge < -0.3 is 10.4 Å². The molecule has 3 rings (SSSR count). The molecule has 1 aliphatic heterocycles. The Labute approximate surface area is 138 Å². The van der Waals surface area contributed by atoms with Crippen molar-refractivity contribution in [3.05, 3.63) is 29.8 Å². The van der Waals surface area contributed by atoms with Crippen LogP contribution in [-0.4, -0.2) is 35.1 Å². The molecule has 1 aromatic carbocycles. The number of nitrogens with one attached hydrogen (secondary N) is 1. The fourth-order valence-corrected chi connectivity index (χ4v) is 4.20. The molecule has 4 nitrogen and oxygen atoms in total. The number of benzene rings is 1. The van der Waals surface area contributed by atoms with E-state index < -0.39 is 5.97 Å². The molecule has 0 spiro atoms. The van der Waals surface area contributed by atoms with Crippen molar-refractivity contribution in [2.24, 2.45) is 5.92 Å². The van der Waals surface area contributed by atoms with Gasteiger partial charge in [-0.2, -0.15) is 0 Å². The SMILES string of the molecule is CCN1CCC[C@H](C(=O)O)[C@@H]1c1ccc(NC2CCCC2)cc1. The number of piperidine rings is 1. The molecule has 2 aliphatic rings. The fourth-order valence-electron chi connectivity index (χ4n) is 4.20. The average Bonchev–Trinajstić information content (AvgIpc) is 3.08. The van der Waals surface area contributed by atoms with E-state index in [4.69, 9.17) is 0 Å². The molecule has 2 atom stereocenters. The van der Waals surface area contributed by atoms with Crippen molar-refractivity contribution in [1.29, 1.82) is 0 Å². The van der Waals surface area contributed by atoms with Gasteiger partial charge in [0.25, 0.3) is 0 Å². The zero-order valence-corrected chi connectivity index (χ0v) is 14.0. The molecular weight excluding hydrogens is 288 g/mol. The maximum atomic E-state index is 11.7. The molecule has 1 saturated heterocycles. The van der Waals surface area contributed by atoms with Crippen molar-refractivity contribution in [2.75, 3.05) is 18.4 Å². The predicted octanol–water partition coefficient (Wildman–Crippen LogP) is 3.90. The molecule has 0 bridgehead atoms. The van der Waals surface area contributed by atoms with Gasteiger partial charge in [0.1, 0.15) is 0 Å². The summed E-state index contributed by atoms with van der Waals surface area (Å²) in [5.74, 6) is -0.960. The molecule has 0 amide bonds. The lowest BCUT2D eigenvalue weighted by Crippen LogP contribution is -2.41. The standard InChI is InChI=1S/C19H28N2O2/c1-2-21-13-5-8-17(19(22)23)18(21)14-9-11-16(12-10-14)20-15-6-3-4-7-15/h9-12,15,17-18,20H,2-8,13H2,1H3,(H,22,23)/t17-,18-/m0/s1. The van der Waals surface area contributed by atoms with Gasteiger partial charge in [-0.3, -0.25) is 9.69 Å². The predicted molar refractivity (Wildman–Crippen MR) is 92.7 cm³/mol. The quantitative estimate of drug-likeness (QED) is 0.865. The van der Waals surface area contributed by atoms with Crippen LogP contribution in [0.1, 0.15) is 57.1 Å². The van der Waals surface area contributed by atoms with Crippen molar-refractivity contribution >= 4 is 11.7 Å². The minimum absolute atomic E-state index is 0.00628. The number of aliphatic carboxylic acids is 1. The van der Waals surface area contributed by atoms with E-state index in [2.05, 4.69) is 41.4 Å². The summed E-state index contributed by atoms with van der Waals surface area (Å²) in [4.78, 5) is 14.0. The Hall–Kier alpha value is -1.55. The Morgan fingerprint density at radius 2 is 1.87 bits per heavy atom. The summed E-state index contributed by atoms with van der Waals surface area (Å²) < 4.78 is 0. The lowest BCUT2D eigenvalue weighted by Gasteiger charge is -2.39. The smallest absolute Gasteiger partial charge is 0.308 e. The van der Waals surface area contributed by atoms with E-state index in [9.17, 15) is 9.90 Å². The van der Waals surface area contributed by atoms with E-state index in [0.29, 0.717) is 6.04 Å². The van der Waals surface area contributed by atoms with Crippen LogP contribution in [0.5, 0.6) is 0 Å². The summed E-state index contributed by atoms with van der Waals surface area (Å²) in [6.07, 6.45) is 6.92. The summed E-state index contributed by atoms with van der Waals surface area (Å²) in [6, 6.07) is 9.09. The average molecular weight is 316 g/mol. The lowest BCUT2D eigenvalue weighted by atomic mass is 9.84. The van der Waals surface area contributed by atoms with Crippen molar-refractivity contribution in [1.82, 2.24) is 4.90 Å². The second-order valence-corrected chi connectivity index (χ2v) is 6.91. The minimum atomic E-state index is -0.665. The Balaban J connectivity index is 1.76. The number of carbonyl (C=O) groups is 1. The monoisotopic (exact) mass is 316 g/mol. The molecular formula is C19H28N2O2. The van der Waals surface area contributed by atoms with Crippen LogP contribution < -0.4 is 5.32 Å². The number of carboxylic acids is 1. The van der Waals surface area contributed by atoms with Crippen molar-refractivity contribution in [2.45, 2.75) is 57.5 Å². The minimum Gasteiger partial charge on any atom is -0.481 e. The first-order valence-corrected chi connectivity index (χ1v) is 9.02. The first kappa shape index (κ1) is 16.3. The van der Waals surface area contributed by atoms with Gasteiger partial charge in [0.15, 0.2) is 0 Å². The largest absolute Gasteiger partial charge is 0.481 e. The highest BCUT2D eigenvalue weighted by Gasteiger charge is 2.36. The highest BCUT2D eigenvalue weighted by molar-refractivity contribution is 5.71. The van der Waals surface area contributed by atoms with Crippen LogP contribution in [0.2, 0.25) is 0 Å². The summed E-state index contributed by atoms with van der Waals surface area (Å²) in [7, 11) is 0. The Morgan fingerprint density at radius 1 is 1.17 bits per heavy atom. The van der Waals surface area contributed by atoms with Crippen LogP contribution >= 0.6 is 0 Å². The first-order chi connectivity index (χ1) is 11.2. The molecule has 0 unspecified atom stereocenters. The van der Waals surface area contributed by atoms with Gasteiger partial charge in [-0.1, -0.05) is 31.9 Å². The molecule has 2 N–H and O–H groups in total. The van der Waals surface area contributed by atoms with E-state index in [1.165, 1.54) is 25.7 Å². The van der Waals surface area contributed by atoms with Crippen molar-refractivity contribution in [3.63, 3.8) is 0 Å². The van der Waals surface area contributed by atoms with Gasteiger partial charge in [-0.15, -0.1) is 0 Å². The summed E-state index contributed by atoms with van der Waals surface area (Å²) in [5, 5.41) is 13.2. The van der Waals surface area contributed by atoms with Gasteiger partial charge in [0.2, 0.25) is 0 Å². The van der Waals surface area contributed by atoms with Crippen LogP contribution in [0.3, 0.4) is 0 Å². The van der Waals surface area contributed by atoms with Crippen LogP contribution in [0.15, 0.2) is 24.3 Å². The van der Waals surface area contributed by atoms with Crippen LogP contribution in [-0.2, 0) is 4.79 Å². The number of nitrogens with zero attached hydrogens (tertiary/aromatic N) is 1. The molecule has 1 aromatic rings. The summed E-state index contributed by atoms with van der Waals surface area (Å²) >= 11 is 0. The second kappa shape index (κ2) is 7.35. The second-order valence-electron chi connectivity index (χ2n) is 6.91. The summed E-state index contributed by atoms with van der Waals surface area (Å²) in [6.45, 7) is 4.01. The van der Waals surface area contributed by atoms with Crippen LogP contribution in [0, 0.1) is 5.92 Å². The van der Waals surface area contributed by atoms with Gasteiger partial charge in [0, 0.05) is 17.8 Å². The van der Waals surface area contributed by atoms with E-state index >= 15 is 0 Å². The Morgan fingerprint density at radius 3 is 2.48 bits per heavy atom. The zero-order chi connectivity index (χ0) is 16.2. The maximum absolute atomic E-state index is 11.7. The Bertz CT molecular complexity index is 523. The topological polar surface area (TPSA) is 52.6 Å². The molecule has 0 aromatic heterocycles. The molecule has 23 heavy (non-hydrogen) atoms. The molecule has 1 aliphatic carbocycles. The van der Waals surface area contributed by atoms with Crippen molar-refractivity contribution < 1.29 is 9.90 Å². The summed E-state index contributed by atoms with van der Waals surface area (Å²) in [5.41, 5.74) is 2.29. The highest BCUT2D eigenvalue weighted by atomic mass is 16.4. The van der Waals surface area contributed by atoms with E-state index in [-0.39, 0.29) is 12.0 Å². The van der Waals surface area contributed by atoms with Gasteiger partial charge in [-0.05, 0) is 56.5 Å². The highest BCUT2D eigenvalue weighted by Crippen LogP contribution is 2.36. The van der Waals surface area contributed by atoms with E-state index in [1.54, 1.807) is 0 Å². The molecule has 126 valence electrons. The first-order valence-electron chi connectivity index (χ1n) is 9.02. The third kappa shape index (κ3) is 3.69. The number of hydrogen-bond donors (Lipinski definition) is 2. The Kier molecular flexibility index (Phi) is 5.21. The van der Waals surface area contributed by atoms with E-state index in [0.717, 1.165) is 37.2 Å². The number of likely N-dealkylation sites (tertiary alicyclic amines) is 1. The number of carboxylic acid groups (broad SMARTS) is 1. The normalized spacial score (nSPS) is 26.3. The molecule has 1 saturated carbocycles. The molecule has 4 heteroatoms. The van der Waals surface area contributed by atoms with Gasteiger partial charge >= 0.3 is 5.97 Å². The third-order valence-corrected chi connectivity index (χ3v) is 5.44. The third-order valence-electron chi connectivity index (χ3n) is 5.44.